The largest absolute Gasteiger partial charge is 0.293 e. The summed E-state index contributed by atoms with van der Waals surface area (Å²) < 4.78 is 26.7. The molecule has 4 nitrogen and oxygen atoms in total. The lowest BCUT2D eigenvalue weighted by molar-refractivity contribution is 0.101. The molecule has 32 heavy (non-hydrogen) atoms. The first-order valence-electron chi connectivity index (χ1n) is 9.36. The van der Waals surface area contributed by atoms with Crippen LogP contribution in [-0.4, -0.2) is 30.3 Å². The summed E-state index contributed by atoms with van der Waals surface area (Å²) >= 11 is 7.69. The Hall–Kier alpha value is -1.39. The first kappa shape index (κ1) is 25.2. The Morgan fingerprint density at radius 3 is 1.84 bits per heavy atom. The minimum Gasteiger partial charge on any atom is -0.293 e. The Kier molecular flexibility index (Phi) is 8.80. The van der Waals surface area contributed by atoms with Crippen molar-refractivity contribution in [1.29, 1.82) is 0 Å². The normalized spacial score (nSPS) is 12.3. The average molecular weight is 614 g/mol. The first-order valence-corrected chi connectivity index (χ1v) is 14.9. The molecule has 0 spiro atoms. The van der Waals surface area contributed by atoms with Crippen LogP contribution >= 0.6 is 54.4 Å². The molecule has 0 fully saturated rings. The number of hydrogen-bond donors (Lipinski definition) is 0. The van der Waals surface area contributed by atoms with Crippen LogP contribution in [0.15, 0.2) is 86.6 Å². The summed E-state index contributed by atoms with van der Waals surface area (Å²) in [6.07, 6.45) is 0. The van der Waals surface area contributed by atoms with Crippen LogP contribution in [0.2, 0.25) is 0 Å². The molecule has 0 aliphatic rings. The summed E-state index contributed by atoms with van der Waals surface area (Å²) in [5.74, 6) is -0.554. The lowest BCUT2D eigenvalue weighted by atomic mass is 10.1. The van der Waals surface area contributed by atoms with E-state index in [4.69, 9.17) is 0 Å². The Bertz CT molecular complexity index is 1210. The van der Waals surface area contributed by atoms with Crippen molar-refractivity contribution in [2.24, 2.45) is 0 Å². The average Bonchev–Trinajstić information content (AvgIpc) is 2.77. The third-order valence-electron chi connectivity index (χ3n) is 4.40. The van der Waals surface area contributed by atoms with Crippen molar-refractivity contribution in [2.45, 2.75) is 16.4 Å². The van der Waals surface area contributed by atoms with Crippen molar-refractivity contribution in [3.8, 4) is 0 Å². The molecule has 0 aliphatic heterocycles. The number of rotatable bonds is 9. The van der Waals surface area contributed by atoms with Gasteiger partial charge < -0.3 is 0 Å². The molecule has 3 aromatic carbocycles. The monoisotopic (exact) mass is 612 g/mol. The fraction of sp³-hybridized carbons (Fsp3) is 0.130. The zero-order chi connectivity index (χ0) is 23.3. The number of ketones is 2. The van der Waals surface area contributed by atoms with Gasteiger partial charge in [-0.25, -0.2) is 8.42 Å². The van der Waals surface area contributed by atoms with E-state index in [0.29, 0.717) is 21.9 Å². The molecule has 0 radical (unpaired) electrons. The Morgan fingerprint density at radius 2 is 1.31 bits per heavy atom. The Balaban J connectivity index is 1.84. The molecule has 0 amide bonds. The van der Waals surface area contributed by atoms with Crippen LogP contribution in [0.1, 0.15) is 26.3 Å². The van der Waals surface area contributed by atoms with Crippen molar-refractivity contribution in [2.75, 3.05) is 5.75 Å². The third-order valence-corrected chi connectivity index (χ3v) is 10.9. The van der Waals surface area contributed by atoms with E-state index in [0.717, 1.165) is 26.3 Å². The fourth-order valence-electron chi connectivity index (χ4n) is 2.64. The zero-order valence-electron chi connectivity index (χ0n) is 16.8. The number of thioether (sulfide) groups is 1. The molecule has 0 N–H and O–H groups in total. The van der Waals surface area contributed by atoms with E-state index in [1.165, 1.54) is 12.1 Å². The maximum absolute atomic E-state index is 13.2. The summed E-state index contributed by atoms with van der Waals surface area (Å²) in [4.78, 5) is 25.9. The van der Waals surface area contributed by atoms with Crippen LogP contribution < -0.4 is 0 Å². The predicted molar refractivity (Wildman–Crippen MR) is 139 cm³/mol. The number of halogens is 2. The van der Waals surface area contributed by atoms with Gasteiger partial charge in [-0.05, 0) is 54.1 Å². The molecule has 0 saturated heterocycles. The van der Waals surface area contributed by atoms with Crippen molar-refractivity contribution in [3.05, 3.63) is 98.4 Å². The molecule has 3 rings (SSSR count). The van der Waals surface area contributed by atoms with Crippen LogP contribution in [0.4, 0.5) is 0 Å². The minimum absolute atomic E-state index is 0.0228. The minimum atomic E-state index is -3.81. The lowest BCUT2D eigenvalue weighted by Crippen LogP contribution is -2.19. The number of carbonyl (C=O) groups excluding carboxylic acids is 2. The van der Waals surface area contributed by atoms with Crippen LogP contribution in [-0.2, 0) is 8.87 Å². The molecule has 0 aliphatic carbocycles. The summed E-state index contributed by atoms with van der Waals surface area (Å²) in [7, 11) is -3.24. The van der Waals surface area contributed by atoms with Gasteiger partial charge >= 0.3 is 0 Å². The molecule has 0 saturated carbocycles. The molecule has 1 unspecified atom stereocenters. The Morgan fingerprint density at radius 1 is 0.812 bits per heavy atom. The third kappa shape index (κ3) is 6.81. The molecule has 3 aromatic rings. The van der Waals surface area contributed by atoms with E-state index in [-0.39, 0.29) is 22.2 Å². The first-order chi connectivity index (χ1) is 15.2. The highest BCUT2D eigenvalue weighted by molar-refractivity contribution is 9.10. The summed E-state index contributed by atoms with van der Waals surface area (Å²) in [6.45, 7) is 1.87. The number of benzene rings is 3. The van der Waals surface area contributed by atoms with E-state index < -0.39 is 13.5 Å². The van der Waals surface area contributed by atoms with E-state index in [1.54, 1.807) is 60.7 Å². The number of hydrogen-bond acceptors (Lipinski definition) is 6. The van der Waals surface area contributed by atoms with Crippen molar-refractivity contribution >= 4 is 74.9 Å². The molecule has 0 aromatic heterocycles. The smallest absolute Gasteiger partial charge is 0.231 e. The number of aryl methyl sites for hydroxylation is 1. The molecule has 9 heteroatoms. The lowest BCUT2D eigenvalue weighted by Gasteiger charge is -2.15. The molecular weight excluding hydrogens is 596 g/mol. The van der Waals surface area contributed by atoms with Gasteiger partial charge in [0.25, 0.3) is 0 Å². The fourth-order valence-corrected chi connectivity index (χ4v) is 8.44. The molecule has 1 atom stereocenters. The molecule has 0 heterocycles. The maximum Gasteiger partial charge on any atom is 0.231 e. The standard InChI is InChI=1S/C23H18Br2O4S3/c1-15-2-12-20(13-3-15)32(28,29)31-23(22(27)17-6-10-19(25)11-7-17)30-14-21(26)16-4-8-18(24)9-5-16/h2-13,23H,14H2,1H3. The van der Waals surface area contributed by atoms with Crippen LogP contribution in [0, 0.1) is 6.92 Å². The highest BCUT2D eigenvalue weighted by Crippen LogP contribution is 2.36. The second kappa shape index (κ2) is 11.2. The van der Waals surface area contributed by atoms with Gasteiger partial charge in [-0.15, -0.1) is 11.8 Å². The predicted octanol–water partition coefficient (Wildman–Crippen LogP) is 6.77. The Labute approximate surface area is 212 Å². The van der Waals surface area contributed by atoms with Gasteiger partial charge in [0, 0.05) is 20.1 Å². The molecular formula is C23H18Br2O4S3. The van der Waals surface area contributed by atoms with Gasteiger partial charge in [0.1, 0.15) is 4.58 Å². The van der Waals surface area contributed by atoms with E-state index in [9.17, 15) is 18.0 Å². The quantitative estimate of drug-likeness (QED) is 0.151. The van der Waals surface area contributed by atoms with Gasteiger partial charge in [-0.1, -0.05) is 73.8 Å². The van der Waals surface area contributed by atoms with Gasteiger partial charge in [-0.2, -0.15) is 0 Å². The highest BCUT2D eigenvalue weighted by Gasteiger charge is 2.30. The van der Waals surface area contributed by atoms with E-state index in [1.807, 2.05) is 6.92 Å². The van der Waals surface area contributed by atoms with Gasteiger partial charge in [-0.3, -0.25) is 9.59 Å². The summed E-state index contributed by atoms with van der Waals surface area (Å²) in [6, 6.07) is 20.1. The SMILES string of the molecule is Cc1ccc(S(=O)(=O)SC(SCC(=O)c2ccc(Br)cc2)C(=O)c2ccc(Br)cc2)cc1. The van der Waals surface area contributed by atoms with Crippen LogP contribution in [0.3, 0.4) is 0 Å². The molecule has 166 valence electrons. The second-order valence-electron chi connectivity index (χ2n) is 6.81. The number of Topliss-reactive ketones (excluding diaryl/α,β-unsaturated/α-hetero) is 2. The number of carbonyl (C=O) groups is 2. The van der Waals surface area contributed by atoms with Crippen LogP contribution in [0.25, 0.3) is 0 Å². The highest BCUT2D eigenvalue weighted by atomic mass is 79.9. The van der Waals surface area contributed by atoms with E-state index >= 15 is 0 Å². The van der Waals surface area contributed by atoms with Gasteiger partial charge in [0.2, 0.25) is 8.87 Å². The van der Waals surface area contributed by atoms with Gasteiger partial charge in [0.15, 0.2) is 11.6 Å². The van der Waals surface area contributed by atoms with Crippen molar-refractivity contribution < 1.29 is 18.0 Å². The van der Waals surface area contributed by atoms with Crippen LogP contribution in [0.5, 0.6) is 0 Å². The summed E-state index contributed by atoms with van der Waals surface area (Å²) in [5, 5.41) is 0. The summed E-state index contributed by atoms with van der Waals surface area (Å²) in [5.41, 5.74) is 1.82. The topological polar surface area (TPSA) is 68.3 Å². The van der Waals surface area contributed by atoms with Crippen molar-refractivity contribution in [3.63, 3.8) is 0 Å². The second-order valence-corrected chi connectivity index (χ2v) is 14.0. The van der Waals surface area contributed by atoms with E-state index in [2.05, 4.69) is 31.9 Å². The van der Waals surface area contributed by atoms with Crippen molar-refractivity contribution in [1.82, 2.24) is 0 Å². The maximum atomic E-state index is 13.2. The molecule has 0 bridgehead atoms. The zero-order valence-corrected chi connectivity index (χ0v) is 22.4. The van der Waals surface area contributed by atoms with Gasteiger partial charge in [0.05, 0.1) is 10.6 Å².